The molecule has 0 heterocycles. The lowest BCUT2D eigenvalue weighted by molar-refractivity contribution is 0.0954. The number of methoxy groups -OCH3 is 1. The molecule has 0 aliphatic rings. The van der Waals surface area contributed by atoms with Crippen molar-refractivity contribution in [2.75, 3.05) is 26.7 Å². The summed E-state index contributed by atoms with van der Waals surface area (Å²) >= 11 is 5.96. The van der Waals surface area contributed by atoms with Crippen LogP contribution >= 0.6 is 11.6 Å². The van der Waals surface area contributed by atoms with Gasteiger partial charge in [-0.2, -0.15) is 4.31 Å². The van der Waals surface area contributed by atoms with E-state index < -0.39 is 10.0 Å². The highest BCUT2D eigenvalue weighted by Crippen LogP contribution is 2.27. The molecule has 2 aromatic rings. The summed E-state index contributed by atoms with van der Waals surface area (Å²) in [6.45, 7) is 4.60. The van der Waals surface area contributed by atoms with E-state index in [0.29, 0.717) is 31.1 Å². The normalized spacial score (nSPS) is 11.5. The fourth-order valence-electron chi connectivity index (χ4n) is 2.84. The predicted molar refractivity (Wildman–Crippen MR) is 111 cm³/mol. The van der Waals surface area contributed by atoms with Crippen LogP contribution in [0.3, 0.4) is 0 Å². The van der Waals surface area contributed by atoms with Gasteiger partial charge in [0.05, 0.1) is 7.11 Å². The monoisotopic (exact) mass is 424 g/mol. The zero-order valence-electron chi connectivity index (χ0n) is 16.2. The number of ether oxygens (including phenoxy) is 1. The molecule has 2 rings (SSSR count). The maximum absolute atomic E-state index is 12.9. The highest BCUT2D eigenvalue weighted by atomic mass is 35.5. The number of nitrogens with zero attached hydrogens (tertiary/aromatic N) is 1. The van der Waals surface area contributed by atoms with E-state index in [0.717, 1.165) is 5.56 Å². The van der Waals surface area contributed by atoms with Gasteiger partial charge in [-0.15, -0.1) is 0 Å². The molecule has 0 aliphatic heterocycles. The summed E-state index contributed by atoms with van der Waals surface area (Å²) in [4.78, 5) is 12.5. The van der Waals surface area contributed by atoms with E-state index in [1.54, 1.807) is 26.0 Å². The van der Waals surface area contributed by atoms with Crippen LogP contribution in [0.2, 0.25) is 5.02 Å². The Bertz CT molecular complexity index is 928. The molecule has 0 saturated heterocycles. The number of halogens is 1. The molecule has 0 spiro atoms. The molecule has 0 radical (unpaired) electrons. The number of carbonyl (C=O) groups is 1. The fourth-order valence-corrected chi connectivity index (χ4v) is 4.69. The fraction of sp³-hybridized carbons (Fsp3) is 0.350. The van der Waals surface area contributed by atoms with Crippen LogP contribution in [-0.4, -0.2) is 45.4 Å². The molecule has 6 nitrogen and oxygen atoms in total. The van der Waals surface area contributed by atoms with E-state index in [9.17, 15) is 13.2 Å². The minimum Gasteiger partial charge on any atom is -0.495 e. The summed E-state index contributed by atoms with van der Waals surface area (Å²) in [5.74, 6) is -0.136. The highest BCUT2D eigenvalue weighted by molar-refractivity contribution is 7.89. The average molecular weight is 425 g/mol. The Hall–Kier alpha value is -2.09. The molecule has 1 amide bonds. The molecule has 0 aliphatic carbocycles. The number of sulfonamides is 1. The van der Waals surface area contributed by atoms with Crippen molar-refractivity contribution in [2.45, 2.75) is 25.2 Å². The molecule has 0 fully saturated rings. The average Bonchev–Trinajstić information content (AvgIpc) is 2.68. The van der Waals surface area contributed by atoms with Crippen molar-refractivity contribution in [3.63, 3.8) is 0 Å². The van der Waals surface area contributed by atoms with Gasteiger partial charge in [0.25, 0.3) is 5.91 Å². The Morgan fingerprint density at radius 1 is 1.14 bits per heavy atom. The Kier molecular flexibility index (Phi) is 7.86. The first-order chi connectivity index (χ1) is 13.3. The smallest absolute Gasteiger partial charge is 0.251 e. The summed E-state index contributed by atoms with van der Waals surface area (Å²) in [6, 6.07) is 11.8. The Balaban J connectivity index is 2.18. The maximum atomic E-state index is 12.9. The molecule has 2 aromatic carbocycles. The second kappa shape index (κ2) is 9.91. The first-order valence-corrected chi connectivity index (χ1v) is 10.9. The van der Waals surface area contributed by atoms with Gasteiger partial charge in [0.15, 0.2) is 0 Å². The minimum absolute atomic E-state index is 0.0128. The van der Waals surface area contributed by atoms with Crippen LogP contribution in [0.25, 0.3) is 0 Å². The zero-order chi connectivity index (χ0) is 20.7. The van der Waals surface area contributed by atoms with E-state index in [4.69, 9.17) is 16.3 Å². The molecule has 0 atom stereocenters. The number of carbonyl (C=O) groups excluding carboxylic acids is 1. The van der Waals surface area contributed by atoms with Crippen LogP contribution in [0.15, 0.2) is 47.4 Å². The maximum Gasteiger partial charge on any atom is 0.251 e. The topological polar surface area (TPSA) is 75.7 Å². The summed E-state index contributed by atoms with van der Waals surface area (Å²) < 4.78 is 32.3. The SMILES string of the molecule is CCN(CC)S(=O)(=O)c1cc(C(=O)NCCc2cccc(Cl)c2)ccc1OC. The number of rotatable bonds is 9. The van der Waals surface area contributed by atoms with Gasteiger partial charge in [-0.3, -0.25) is 4.79 Å². The van der Waals surface area contributed by atoms with Crippen molar-refractivity contribution in [3.8, 4) is 5.75 Å². The van der Waals surface area contributed by atoms with E-state index in [1.165, 1.54) is 23.5 Å². The predicted octanol–water partition coefficient (Wildman–Crippen LogP) is 3.35. The largest absolute Gasteiger partial charge is 0.495 e. The van der Waals surface area contributed by atoms with E-state index >= 15 is 0 Å². The van der Waals surface area contributed by atoms with Crippen molar-refractivity contribution in [3.05, 3.63) is 58.6 Å². The lowest BCUT2D eigenvalue weighted by Crippen LogP contribution is -2.31. The molecule has 28 heavy (non-hydrogen) atoms. The second-order valence-electron chi connectivity index (χ2n) is 6.09. The van der Waals surface area contributed by atoms with Crippen LogP contribution in [0.1, 0.15) is 29.8 Å². The van der Waals surface area contributed by atoms with Gasteiger partial charge in [-0.05, 0) is 42.3 Å². The van der Waals surface area contributed by atoms with Gasteiger partial charge in [0.1, 0.15) is 10.6 Å². The first-order valence-electron chi connectivity index (χ1n) is 9.04. The highest BCUT2D eigenvalue weighted by Gasteiger charge is 2.26. The standard InChI is InChI=1S/C20H25ClN2O4S/c1-4-23(5-2)28(25,26)19-14-16(9-10-18(19)27-3)20(24)22-12-11-15-7-6-8-17(21)13-15/h6-10,13-14H,4-5,11-12H2,1-3H3,(H,22,24). The van der Waals surface area contributed by atoms with Gasteiger partial charge in [-0.1, -0.05) is 37.6 Å². The second-order valence-corrected chi connectivity index (χ2v) is 8.43. The van der Waals surface area contributed by atoms with Crippen molar-refractivity contribution >= 4 is 27.5 Å². The van der Waals surface area contributed by atoms with Crippen molar-refractivity contribution < 1.29 is 17.9 Å². The molecule has 0 saturated carbocycles. The zero-order valence-corrected chi connectivity index (χ0v) is 17.8. The van der Waals surface area contributed by atoms with E-state index in [1.807, 2.05) is 18.2 Å². The third-order valence-corrected chi connectivity index (χ3v) is 6.64. The molecule has 0 aromatic heterocycles. The molecular weight excluding hydrogens is 400 g/mol. The third-order valence-electron chi connectivity index (χ3n) is 4.34. The quantitative estimate of drug-likeness (QED) is 0.669. The van der Waals surface area contributed by atoms with Crippen LogP contribution in [-0.2, 0) is 16.4 Å². The Morgan fingerprint density at radius 2 is 1.86 bits per heavy atom. The van der Waals surface area contributed by atoms with Gasteiger partial charge >= 0.3 is 0 Å². The summed E-state index contributed by atoms with van der Waals surface area (Å²) in [5, 5.41) is 3.45. The number of hydrogen-bond acceptors (Lipinski definition) is 4. The van der Waals surface area contributed by atoms with Gasteiger partial charge < -0.3 is 10.1 Å². The van der Waals surface area contributed by atoms with Crippen molar-refractivity contribution in [1.29, 1.82) is 0 Å². The molecular formula is C20H25ClN2O4S. The van der Waals surface area contributed by atoms with Gasteiger partial charge in [0.2, 0.25) is 10.0 Å². The van der Waals surface area contributed by atoms with Crippen LogP contribution < -0.4 is 10.1 Å². The van der Waals surface area contributed by atoms with Crippen LogP contribution in [0.4, 0.5) is 0 Å². The molecule has 8 heteroatoms. The number of amides is 1. The molecule has 0 bridgehead atoms. The number of benzene rings is 2. The minimum atomic E-state index is -3.75. The first kappa shape index (κ1) is 22.2. The van der Waals surface area contributed by atoms with Crippen LogP contribution in [0, 0.1) is 0 Å². The third kappa shape index (κ3) is 5.25. The van der Waals surface area contributed by atoms with E-state index in [2.05, 4.69) is 5.32 Å². The summed E-state index contributed by atoms with van der Waals surface area (Å²) in [6.07, 6.45) is 0.618. The lowest BCUT2D eigenvalue weighted by Gasteiger charge is -2.20. The Labute approximate surface area is 171 Å². The van der Waals surface area contributed by atoms with Crippen molar-refractivity contribution in [2.24, 2.45) is 0 Å². The molecule has 0 unspecified atom stereocenters. The van der Waals surface area contributed by atoms with Gasteiger partial charge in [-0.25, -0.2) is 8.42 Å². The molecule has 152 valence electrons. The van der Waals surface area contributed by atoms with Crippen molar-refractivity contribution in [1.82, 2.24) is 9.62 Å². The summed E-state index contributed by atoms with van der Waals surface area (Å²) in [7, 11) is -2.35. The summed E-state index contributed by atoms with van der Waals surface area (Å²) in [5.41, 5.74) is 1.27. The lowest BCUT2D eigenvalue weighted by atomic mass is 10.1. The van der Waals surface area contributed by atoms with Gasteiger partial charge in [0, 0.05) is 30.2 Å². The number of hydrogen-bond donors (Lipinski definition) is 1. The number of nitrogens with one attached hydrogen (secondary N) is 1. The molecule has 1 N–H and O–H groups in total. The Morgan fingerprint density at radius 3 is 2.46 bits per heavy atom. The van der Waals surface area contributed by atoms with Crippen LogP contribution in [0.5, 0.6) is 5.75 Å². The van der Waals surface area contributed by atoms with E-state index in [-0.39, 0.29) is 22.1 Å².